The smallest absolute Gasteiger partial charge is 0.324 e. The second-order valence-corrected chi connectivity index (χ2v) is 9.40. The molecular weight excluding hydrogens is 523 g/mol. The van der Waals surface area contributed by atoms with Crippen molar-refractivity contribution >= 4 is 28.8 Å². The third-order valence-electron chi connectivity index (χ3n) is 6.63. The standard InChI is InChI=1S/C24H17ClF3N9O/c1-24(12-8-33-36(11-12)23(27)28)7-14(15-10-31-18-6-17(26)35-37(18)20(15)24)22(38)34-13-5-16(25)19(32-9-13)21-29-3-2-4-30-21/h2-6,8-11,14,23H,7H2,1H3,(H,34,38)/t14-,24+/m0/s1. The van der Waals surface area contributed by atoms with Crippen LogP contribution in [0, 0.1) is 5.95 Å². The summed E-state index contributed by atoms with van der Waals surface area (Å²) in [5, 5.41) is 10.7. The molecule has 14 heteroatoms. The van der Waals surface area contributed by atoms with Gasteiger partial charge in [0, 0.05) is 47.4 Å². The average molecular weight is 540 g/mol. The van der Waals surface area contributed by atoms with Crippen molar-refractivity contribution in [3.63, 3.8) is 0 Å². The first kappa shape index (κ1) is 24.0. The van der Waals surface area contributed by atoms with E-state index in [-0.39, 0.29) is 17.1 Å². The van der Waals surface area contributed by atoms with Crippen molar-refractivity contribution in [2.75, 3.05) is 5.32 Å². The zero-order valence-electron chi connectivity index (χ0n) is 19.6. The molecule has 38 heavy (non-hydrogen) atoms. The van der Waals surface area contributed by atoms with Crippen molar-refractivity contribution in [1.82, 2.24) is 39.3 Å². The first-order valence-electron chi connectivity index (χ1n) is 11.4. The minimum Gasteiger partial charge on any atom is -0.324 e. The van der Waals surface area contributed by atoms with Gasteiger partial charge in [-0.2, -0.15) is 18.3 Å². The molecule has 5 aromatic heterocycles. The lowest BCUT2D eigenvalue weighted by Crippen LogP contribution is -2.25. The maximum atomic E-state index is 14.1. The Morgan fingerprint density at radius 2 is 1.95 bits per heavy atom. The lowest BCUT2D eigenvalue weighted by Gasteiger charge is -2.24. The summed E-state index contributed by atoms with van der Waals surface area (Å²) in [5.74, 6) is -1.61. The Hall–Kier alpha value is -4.39. The molecular formula is C24H17ClF3N9O. The topological polar surface area (TPSA) is 116 Å². The highest BCUT2D eigenvalue weighted by atomic mass is 35.5. The van der Waals surface area contributed by atoms with Crippen LogP contribution < -0.4 is 5.32 Å². The van der Waals surface area contributed by atoms with Crippen molar-refractivity contribution in [3.8, 4) is 11.5 Å². The quantitative estimate of drug-likeness (QED) is 0.352. The van der Waals surface area contributed by atoms with Crippen LogP contribution in [0.15, 0.2) is 55.4 Å². The zero-order chi connectivity index (χ0) is 26.6. The highest BCUT2D eigenvalue weighted by Crippen LogP contribution is 2.50. The molecule has 0 spiro atoms. The van der Waals surface area contributed by atoms with Gasteiger partial charge in [0.15, 0.2) is 11.5 Å². The maximum Gasteiger partial charge on any atom is 0.333 e. The molecule has 5 heterocycles. The van der Waals surface area contributed by atoms with Crippen LogP contribution in [0.3, 0.4) is 0 Å². The van der Waals surface area contributed by atoms with E-state index in [1.165, 1.54) is 35.4 Å². The molecule has 192 valence electrons. The van der Waals surface area contributed by atoms with Gasteiger partial charge in [0.05, 0.1) is 34.7 Å². The van der Waals surface area contributed by atoms with Crippen molar-refractivity contribution in [2.24, 2.45) is 0 Å². The molecule has 0 unspecified atom stereocenters. The number of amides is 1. The fraction of sp³-hybridized carbons (Fsp3) is 0.208. The van der Waals surface area contributed by atoms with E-state index in [0.717, 1.165) is 6.07 Å². The molecule has 2 atom stereocenters. The monoisotopic (exact) mass is 539 g/mol. The largest absolute Gasteiger partial charge is 0.333 e. The predicted molar refractivity (Wildman–Crippen MR) is 129 cm³/mol. The van der Waals surface area contributed by atoms with Gasteiger partial charge < -0.3 is 5.32 Å². The van der Waals surface area contributed by atoms with Gasteiger partial charge in [-0.25, -0.2) is 29.1 Å². The number of carbonyl (C=O) groups is 1. The molecule has 1 amide bonds. The number of rotatable bonds is 5. The Bertz CT molecular complexity index is 1690. The number of hydrogen-bond acceptors (Lipinski definition) is 7. The Balaban J connectivity index is 1.37. The number of carbonyl (C=O) groups excluding carboxylic acids is 1. The maximum absolute atomic E-state index is 14.1. The Labute approximate surface area is 217 Å². The number of aromatic nitrogens is 8. The van der Waals surface area contributed by atoms with E-state index in [9.17, 15) is 18.0 Å². The van der Waals surface area contributed by atoms with Crippen LogP contribution in [-0.4, -0.2) is 45.2 Å². The van der Waals surface area contributed by atoms with Crippen LogP contribution in [-0.2, 0) is 10.2 Å². The summed E-state index contributed by atoms with van der Waals surface area (Å²) in [6.07, 6.45) is 8.74. The summed E-state index contributed by atoms with van der Waals surface area (Å²) < 4.78 is 42.5. The van der Waals surface area contributed by atoms with Gasteiger partial charge in [0.1, 0.15) is 5.69 Å². The van der Waals surface area contributed by atoms with Gasteiger partial charge in [-0.05, 0) is 25.5 Å². The number of anilines is 1. The number of nitrogens with zero attached hydrogens (tertiary/aromatic N) is 8. The number of alkyl halides is 2. The highest BCUT2D eigenvalue weighted by Gasteiger charge is 2.48. The summed E-state index contributed by atoms with van der Waals surface area (Å²) in [6, 6.07) is 4.35. The van der Waals surface area contributed by atoms with E-state index in [4.69, 9.17) is 11.6 Å². The summed E-state index contributed by atoms with van der Waals surface area (Å²) in [5.41, 5.74) is 1.28. The van der Waals surface area contributed by atoms with Gasteiger partial charge >= 0.3 is 6.55 Å². The number of pyridine rings is 1. The van der Waals surface area contributed by atoms with Gasteiger partial charge in [0.25, 0.3) is 0 Å². The minimum absolute atomic E-state index is 0.169. The predicted octanol–water partition coefficient (Wildman–Crippen LogP) is 4.40. The fourth-order valence-corrected chi connectivity index (χ4v) is 5.13. The molecule has 10 nitrogen and oxygen atoms in total. The zero-order valence-corrected chi connectivity index (χ0v) is 20.3. The lowest BCUT2D eigenvalue weighted by molar-refractivity contribution is -0.117. The Morgan fingerprint density at radius 3 is 2.66 bits per heavy atom. The normalized spacial score (nSPS) is 18.7. The van der Waals surface area contributed by atoms with Crippen molar-refractivity contribution in [2.45, 2.75) is 31.2 Å². The molecule has 1 N–H and O–H groups in total. The van der Waals surface area contributed by atoms with Gasteiger partial charge in [-0.1, -0.05) is 11.6 Å². The molecule has 0 bridgehead atoms. The van der Waals surface area contributed by atoms with E-state index in [1.54, 1.807) is 25.4 Å². The van der Waals surface area contributed by atoms with Crippen LogP contribution in [0.2, 0.25) is 5.02 Å². The summed E-state index contributed by atoms with van der Waals surface area (Å²) >= 11 is 6.39. The SMILES string of the molecule is C[C@]1(c2cnn(C(F)F)c2)C[C@H](C(=O)Nc2cnc(-c3ncccn3)c(Cl)c2)c2cnc3cc(F)nn3c21. The molecule has 5 aromatic rings. The highest BCUT2D eigenvalue weighted by molar-refractivity contribution is 6.33. The van der Waals surface area contributed by atoms with Crippen LogP contribution in [0.5, 0.6) is 0 Å². The van der Waals surface area contributed by atoms with E-state index in [2.05, 4.69) is 35.5 Å². The van der Waals surface area contributed by atoms with Crippen LogP contribution in [0.25, 0.3) is 17.2 Å². The van der Waals surface area contributed by atoms with Crippen LogP contribution in [0.1, 0.15) is 42.6 Å². The van der Waals surface area contributed by atoms with Crippen molar-refractivity contribution in [3.05, 3.63) is 83.2 Å². The molecule has 0 saturated carbocycles. The lowest BCUT2D eigenvalue weighted by atomic mass is 9.80. The summed E-state index contributed by atoms with van der Waals surface area (Å²) in [4.78, 5) is 30.3. The molecule has 6 rings (SSSR count). The second kappa shape index (κ2) is 8.87. The summed E-state index contributed by atoms with van der Waals surface area (Å²) in [6.45, 7) is -1.06. The number of fused-ring (bicyclic) bond motifs is 3. The molecule has 0 saturated heterocycles. The van der Waals surface area contributed by atoms with Gasteiger partial charge in [-0.3, -0.25) is 4.79 Å². The molecule has 1 aliphatic carbocycles. The molecule has 0 aliphatic heterocycles. The number of halogens is 4. The van der Waals surface area contributed by atoms with E-state index >= 15 is 0 Å². The third kappa shape index (κ3) is 3.86. The molecule has 0 radical (unpaired) electrons. The van der Waals surface area contributed by atoms with Crippen molar-refractivity contribution in [1.29, 1.82) is 0 Å². The Morgan fingerprint density at radius 1 is 1.16 bits per heavy atom. The van der Waals surface area contributed by atoms with Crippen LogP contribution in [0.4, 0.5) is 18.9 Å². The molecule has 0 aromatic carbocycles. The van der Waals surface area contributed by atoms with Gasteiger partial charge in [0.2, 0.25) is 11.9 Å². The van der Waals surface area contributed by atoms with E-state index < -0.39 is 29.7 Å². The Kier molecular flexibility index (Phi) is 5.60. The van der Waals surface area contributed by atoms with Gasteiger partial charge in [-0.15, -0.1) is 5.10 Å². The summed E-state index contributed by atoms with van der Waals surface area (Å²) in [7, 11) is 0. The average Bonchev–Trinajstić information content (AvgIpc) is 3.60. The van der Waals surface area contributed by atoms with Crippen molar-refractivity contribution < 1.29 is 18.0 Å². The van der Waals surface area contributed by atoms with E-state index in [1.807, 2.05) is 0 Å². The third-order valence-corrected chi connectivity index (χ3v) is 6.92. The number of hydrogen-bond donors (Lipinski definition) is 1. The van der Waals surface area contributed by atoms with Crippen LogP contribution >= 0.6 is 11.6 Å². The molecule has 0 fully saturated rings. The fourth-order valence-electron chi connectivity index (χ4n) is 4.88. The first-order chi connectivity index (χ1) is 18.2. The minimum atomic E-state index is -2.84. The second-order valence-electron chi connectivity index (χ2n) is 8.99. The van der Waals surface area contributed by atoms with E-state index in [0.29, 0.717) is 38.7 Å². The number of nitrogens with one attached hydrogen (secondary N) is 1. The first-order valence-corrected chi connectivity index (χ1v) is 11.7. The molecule has 1 aliphatic rings.